The second kappa shape index (κ2) is 11.3. The minimum absolute atomic E-state index is 0. The second-order valence-electron chi connectivity index (χ2n) is 4.53. The van der Waals surface area contributed by atoms with Crippen LogP contribution in [0.1, 0.15) is 5.76 Å². The van der Waals surface area contributed by atoms with E-state index in [1.165, 1.54) is 17.8 Å². The Balaban J connectivity index is 0.00000264. The van der Waals surface area contributed by atoms with Gasteiger partial charge >= 0.3 is 0 Å². The van der Waals surface area contributed by atoms with Crippen molar-refractivity contribution < 1.29 is 8.81 Å². The van der Waals surface area contributed by atoms with E-state index in [0.717, 1.165) is 30.4 Å². The number of rotatable bonds is 7. The van der Waals surface area contributed by atoms with Crippen molar-refractivity contribution in [1.82, 2.24) is 10.6 Å². The molecule has 0 bridgehead atoms. The second-order valence-corrected chi connectivity index (χ2v) is 5.67. The molecule has 1 heterocycles. The molecule has 0 fully saturated rings. The molecule has 126 valence electrons. The fourth-order valence-corrected chi connectivity index (χ4v) is 2.68. The van der Waals surface area contributed by atoms with Crippen LogP contribution in [0, 0.1) is 5.82 Å². The molecule has 0 aliphatic rings. The van der Waals surface area contributed by atoms with Gasteiger partial charge in [-0.15, -0.1) is 35.7 Å². The number of nitrogens with one attached hydrogen (secondary N) is 2. The van der Waals surface area contributed by atoms with Crippen molar-refractivity contribution in [3.8, 4) is 0 Å². The van der Waals surface area contributed by atoms with Gasteiger partial charge in [0.15, 0.2) is 5.96 Å². The number of hydrogen-bond donors (Lipinski definition) is 2. The molecule has 0 aliphatic heterocycles. The average molecular weight is 449 g/mol. The highest BCUT2D eigenvalue weighted by atomic mass is 127. The smallest absolute Gasteiger partial charge is 0.191 e. The van der Waals surface area contributed by atoms with Gasteiger partial charge in [-0.3, -0.25) is 4.99 Å². The molecule has 1 aromatic heterocycles. The summed E-state index contributed by atoms with van der Waals surface area (Å²) in [6.07, 6.45) is 2.47. The van der Waals surface area contributed by atoms with Crippen LogP contribution in [0.5, 0.6) is 0 Å². The van der Waals surface area contributed by atoms with E-state index in [0.29, 0.717) is 11.4 Å². The van der Waals surface area contributed by atoms with Crippen molar-refractivity contribution >= 4 is 41.7 Å². The van der Waals surface area contributed by atoms with E-state index < -0.39 is 0 Å². The third kappa shape index (κ3) is 7.26. The Hall–Kier alpha value is -1.22. The first-order valence-electron chi connectivity index (χ1n) is 7.14. The molecular weight excluding hydrogens is 428 g/mol. The molecule has 0 unspecified atom stereocenters. The lowest BCUT2D eigenvalue weighted by Gasteiger charge is -2.11. The van der Waals surface area contributed by atoms with Crippen LogP contribution in [-0.4, -0.2) is 31.8 Å². The van der Waals surface area contributed by atoms with Crippen LogP contribution in [-0.2, 0) is 6.42 Å². The summed E-state index contributed by atoms with van der Waals surface area (Å²) in [4.78, 5) is 4.82. The van der Waals surface area contributed by atoms with Crippen molar-refractivity contribution in [1.29, 1.82) is 0 Å². The van der Waals surface area contributed by atoms with Crippen LogP contribution >= 0.6 is 35.7 Å². The summed E-state index contributed by atoms with van der Waals surface area (Å²) in [6.45, 7) is 1.45. The molecule has 0 amide bonds. The van der Waals surface area contributed by atoms with E-state index in [-0.39, 0.29) is 29.8 Å². The molecule has 0 atom stereocenters. The topological polar surface area (TPSA) is 49.6 Å². The Morgan fingerprint density at radius 1 is 1.17 bits per heavy atom. The summed E-state index contributed by atoms with van der Waals surface area (Å²) in [5, 5.41) is 6.42. The largest absolute Gasteiger partial charge is 0.469 e. The van der Waals surface area contributed by atoms with Gasteiger partial charge in [-0.2, -0.15) is 0 Å². The molecule has 2 N–H and O–H groups in total. The van der Waals surface area contributed by atoms with Crippen LogP contribution in [0.4, 0.5) is 4.39 Å². The molecule has 0 aliphatic carbocycles. The molecular formula is C16H21FIN3OS. The zero-order chi connectivity index (χ0) is 15.6. The number of hydrogen-bond acceptors (Lipinski definition) is 3. The van der Waals surface area contributed by atoms with Gasteiger partial charge in [0.25, 0.3) is 0 Å². The van der Waals surface area contributed by atoms with E-state index in [9.17, 15) is 4.39 Å². The molecule has 23 heavy (non-hydrogen) atoms. The number of benzene rings is 1. The predicted molar refractivity (Wildman–Crippen MR) is 104 cm³/mol. The number of aliphatic imine (C=N–C) groups is 1. The maximum atomic E-state index is 13.5. The summed E-state index contributed by atoms with van der Waals surface area (Å²) < 4.78 is 18.7. The summed E-state index contributed by atoms with van der Waals surface area (Å²) in [6, 6.07) is 10.6. The standard InChI is InChI=1S/C16H20FN3OS.HI/c1-18-16(19-9-8-13-5-4-11-21-13)20-10-12-22-15-7-3-2-6-14(15)17;/h2-7,11H,8-10,12H2,1H3,(H2,18,19,20);1H. The van der Waals surface area contributed by atoms with Crippen molar-refractivity contribution in [3.05, 3.63) is 54.2 Å². The van der Waals surface area contributed by atoms with Crippen LogP contribution in [0.15, 0.2) is 57.0 Å². The molecule has 2 aromatic rings. The third-order valence-corrected chi connectivity index (χ3v) is 4.01. The van der Waals surface area contributed by atoms with Gasteiger partial charge in [-0.1, -0.05) is 12.1 Å². The molecule has 0 spiro atoms. The van der Waals surface area contributed by atoms with E-state index in [1.54, 1.807) is 25.4 Å². The monoisotopic (exact) mass is 449 g/mol. The molecule has 2 rings (SSSR count). The normalized spacial score (nSPS) is 11.0. The highest BCUT2D eigenvalue weighted by molar-refractivity contribution is 14.0. The summed E-state index contributed by atoms with van der Waals surface area (Å²) in [5.74, 6) is 2.27. The summed E-state index contributed by atoms with van der Waals surface area (Å²) in [5.41, 5.74) is 0. The predicted octanol–water partition coefficient (Wildman–Crippen LogP) is 3.54. The molecule has 7 heteroatoms. The van der Waals surface area contributed by atoms with Crippen LogP contribution in [0.25, 0.3) is 0 Å². The van der Waals surface area contributed by atoms with Gasteiger partial charge < -0.3 is 15.1 Å². The maximum Gasteiger partial charge on any atom is 0.191 e. The van der Waals surface area contributed by atoms with Crippen LogP contribution < -0.4 is 10.6 Å². The lowest BCUT2D eigenvalue weighted by atomic mass is 10.3. The van der Waals surface area contributed by atoms with E-state index >= 15 is 0 Å². The summed E-state index contributed by atoms with van der Waals surface area (Å²) >= 11 is 1.49. The fraction of sp³-hybridized carbons (Fsp3) is 0.312. The highest BCUT2D eigenvalue weighted by Crippen LogP contribution is 2.20. The Morgan fingerprint density at radius 3 is 2.65 bits per heavy atom. The molecule has 0 saturated carbocycles. The SMILES string of the molecule is CN=C(NCCSc1ccccc1F)NCCc1ccco1.I. The Kier molecular flexibility index (Phi) is 9.77. The zero-order valence-electron chi connectivity index (χ0n) is 12.9. The molecule has 0 saturated heterocycles. The molecule has 4 nitrogen and oxygen atoms in total. The Labute approximate surface area is 157 Å². The number of thioether (sulfide) groups is 1. The molecule has 0 radical (unpaired) electrons. The van der Waals surface area contributed by atoms with Gasteiger partial charge in [0.05, 0.1) is 6.26 Å². The van der Waals surface area contributed by atoms with E-state index in [4.69, 9.17) is 4.42 Å². The Morgan fingerprint density at radius 2 is 1.96 bits per heavy atom. The zero-order valence-corrected chi connectivity index (χ0v) is 16.1. The van der Waals surface area contributed by atoms with Gasteiger partial charge in [-0.25, -0.2) is 4.39 Å². The number of halogens is 2. The lowest BCUT2D eigenvalue weighted by Crippen LogP contribution is -2.39. The van der Waals surface area contributed by atoms with Crippen molar-refractivity contribution in [2.75, 3.05) is 25.9 Å². The van der Waals surface area contributed by atoms with E-state index in [1.807, 2.05) is 18.2 Å². The summed E-state index contributed by atoms with van der Waals surface area (Å²) in [7, 11) is 1.73. The first-order valence-corrected chi connectivity index (χ1v) is 8.12. The first kappa shape index (κ1) is 19.8. The Bertz CT molecular complexity index is 593. The fourth-order valence-electron chi connectivity index (χ4n) is 1.87. The molecule has 1 aromatic carbocycles. The minimum atomic E-state index is -0.173. The third-order valence-electron chi connectivity index (χ3n) is 2.96. The number of guanidine groups is 1. The van der Waals surface area contributed by atoms with E-state index in [2.05, 4.69) is 15.6 Å². The number of nitrogens with zero attached hydrogens (tertiary/aromatic N) is 1. The van der Waals surface area contributed by atoms with Gasteiger partial charge in [0.2, 0.25) is 0 Å². The average Bonchev–Trinajstić information content (AvgIpc) is 3.04. The first-order chi connectivity index (χ1) is 10.8. The van der Waals surface area contributed by atoms with Crippen molar-refractivity contribution in [2.24, 2.45) is 4.99 Å². The van der Waals surface area contributed by atoms with Crippen LogP contribution in [0.3, 0.4) is 0 Å². The quantitative estimate of drug-likeness (QED) is 0.223. The van der Waals surface area contributed by atoms with Crippen molar-refractivity contribution in [2.45, 2.75) is 11.3 Å². The number of furan rings is 1. The maximum absolute atomic E-state index is 13.5. The highest BCUT2D eigenvalue weighted by Gasteiger charge is 2.02. The van der Waals surface area contributed by atoms with Crippen molar-refractivity contribution in [3.63, 3.8) is 0 Å². The minimum Gasteiger partial charge on any atom is -0.469 e. The van der Waals surface area contributed by atoms with Gasteiger partial charge in [0.1, 0.15) is 11.6 Å². The lowest BCUT2D eigenvalue weighted by molar-refractivity contribution is 0.507. The van der Waals surface area contributed by atoms with Gasteiger partial charge in [-0.05, 0) is 24.3 Å². The van der Waals surface area contributed by atoms with Gasteiger partial charge in [0, 0.05) is 37.2 Å². The van der Waals surface area contributed by atoms with Crippen LogP contribution in [0.2, 0.25) is 0 Å².